The van der Waals surface area contributed by atoms with Crippen molar-refractivity contribution in [2.24, 2.45) is 0 Å². The van der Waals surface area contributed by atoms with Crippen molar-refractivity contribution in [2.45, 2.75) is 45.4 Å². The van der Waals surface area contributed by atoms with Crippen LogP contribution in [0.15, 0.2) is 27.8 Å². The van der Waals surface area contributed by atoms with Crippen molar-refractivity contribution >= 4 is 16.9 Å². The van der Waals surface area contributed by atoms with Gasteiger partial charge in [-0.25, -0.2) is 4.79 Å². The Morgan fingerprint density at radius 1 is 1.19 bits per heavy atom. The van der Waals surface area contributed by atoms with Crippen molar-refractivity contribution in [1.82, 2.24) is 9.55 Å². The van der Waals surface area contributed by atoms with Crippen molar-refractivity contribution in [2.75, 3.05) is 7.11 Å². The molecule has 160 valence electrons. The molecule has 8 heteroatoms. The molecular weight excluding hydrogens is 400 g/mol. The predicted octanol–water partition coefficient (Wildman–Crippen LogP) is 1.94. The molecule has 1 atom stereocenters. The number of aromatic amines is 1. The highest BCUT2D eigenvalue weighted by molar-refractivity contribution is 5.88. The van der Waals surface area contributed by atoms with E-state index < -0.39 is 11.6 Å². The number of aromatic nitrogens is 2. The monoisotopic (exact) mass is 422 g/mol. The van der Waals surface area contributed by atoms with Gasteiger partial charge in [0.25, 0.3) is 5.56 Å². The van der Waals surface area contributed by atoms with E-state index in [4.69, 9.17) is 9.47 Å². The molecule has 2 aliphatic rings. The lowest BCUT2D eigenvalue weighted by molar-refractivity contribution is -0.172. The molecule has 8 nitrogen and oxygen atoms in total. The third kappa shape index (κ3) is 2.48. The fraction of sp³-hybridized carbons (Fsp3) is 0.348. The SMILES string of the molecule is CCc1cc(OC)cc2c(=O)c3c([nH]c12)-c1cc2c(c(=O)n1C3)COC(=O)[C@]2(O)CC. The smallest absolute Gasteiger partial charge is 0.343 e. The molecule has 31 heavy (non-hydrogen) atoms. The van der Waals surface area contributed by atoms with Crippen LogP contribution in [0.25, 0.3) is 22.3 Å². The van der Waals surface area contributed by atoms with Crippen LogP contribution in [0.5, 0.6) is 5.75 Å². The van der Waals surface area contributed by atoms with Crippen LogP contribution in [0.3, 0.4) is 0 Å². The van der Waals surface area contributed by atoms with Gasteiger partial charge in [-0.3, -0.25) is 9.59 Å². The fourth-order valence-corrected chi connectivity index (χ4v) is 4.66. The Morgan fingerprint density at radius 3 is 2.65 bits per heavy atom. The van der Waals surface area contributed by atoms with Gasteiger partial charge in [-0.1, -0.05) is 13.8 Å². The average Bonchev–Trinajstić information content (AvgIpc) is 3.15. The Bertz CT molecular complexity index is 1400. The minimum Gasteiger partial charge on any atom is -0.497 e. The first-order valence-corrected chi connectivity index (χ1v) is 10.3. The maximum atomic E-state index is 13.4. The zero-order valence-corrected chi connectivity index (χ0v) is 17.5. The minimum absolute atomic E-state index is 0.0720. The summed E-state index contributed by atoms with van der Waals surface area (Å²) >= 11 is 0. The summed E-state index contributed by atoms with van der Waals surface area (Å²) in [6.07, 6.45) is 0.753. The van der Waals surface area contributed by atoms with E-state index >= 15 is 0 Å². The van der Waals surface area contributed by atoms with Crippen molar-refractivity contribution in [3.63, 3.8) is 0 Å². The third-order valence-corrected chi connectivity index (χ3v) is 6.50. The topological polar surface area (TPSA) is 111 Å². The number of hydrogen-bond donors (Lipinski definition) is 2. The van der Waals surface area contributed by atoms with Gasteiger partial charge in [0.1, 0.15) is 12.4 Å². The number of aliphatic hydroxyl groups is 1. The number of hydrogen-bond acceptors (Lipinski definition) is 6. The second-order valence-corrected chi connectivity index (χ2v) is 7.97. The molecule has 3 aromatic rings. The number of pyridine rings is 2. The van der Waals surface area contributed by atoms with Gasteiger partial charge in [-0.2, -0.15) is 0 Å². The highest BCUT2D eigenvalue weighted by Gasteiger charge is 2.45. The molecular formula is C23H22N2O6. The standard InChI is InChI=1S/C23H22N2O6/c1-4-11-6-12(30-3)7-13-18(11)24-19-14(20(13)26)9-25-17(19)8-16-15(21(25)27)10-31-22(28)23(16,29)5-2/h6-8,29H,4-5,9-10H2,1-3H3,(H,24,26)/t23-/m0/s1. The van der Waals surface area contributed by atoms with E-state index in [-0.39, 0.29) is 41.7 Å². The van der Waals surface area contributed by atoms with Gasteiger partial charge in [0.2, 0.25) is 0 Å². The Balaban J connectivity index is 1.84. The van der Waals surface area contributed by atoms with Gasteiger partial charge in [0.05, 0.1) is 36.1 Å². The van der Waals surface area contributed by atoms with Crippen LogP contribution >= 0.6 is 0 Å². The van der Waals surface area contributed by atoms with Gasteiger partial charge in [-0.15, -0.1) is 0 Å². The molecule has 0 radical (unpaired) electrons. The first kappa shape index (κ1) is 19.6. The van der Waals surface area contributed by atoms with Crippen LogP contribution in [0.1, 0.15) is 42.5 Å². The van der Waals surface area contributed by atoms with Gasteiger partial charge in [0, 0.05) is 16.5 Å². The first-order chi connectivity index (χ1) is 14.8. The summed E-state index contributed by atoms with van der Waals surface area (Å²) in [4.78, 5) is 42.3. The molecule has 1 aromatic carbocycles. The molecule has 2 aromatic heterocycles. The summed E-state index contributed by atoms with van der Waals surface area (Å²) in [5.41, 5.74) is 1.17. The lowest BCUT2D eigenvalue weighted by Crippen LogP contribution is -2.44. The quantitative estimate of drug-likeness (QED) is 0.488. The number of fused-ring (bicyclic) bond motifs is 5. The minimum atomic E-state index is -1.88. The third-order valence-electron chi connectivity index (χ3n) is 6.50. The number of ether oxygens (including phenoxy) is 2. The number of nitrogens with zero attached hydrogens (tertiary/aromatic N) is 1. The van der Waals surface area contributed by atoms with Crippen molar-refractivity contribution in [3.05, 3.63) is 61.0 Å². The van der Waals surface area contributed by atoms with E-state index in [1.165, 1.54) is 4.57 Å². The Labute approximate surface area is 177 Å². The summed E-state index contributed by atoms with van der Waals surface area (Å²) in [6, 6.07) is 5.22. The van der Waals surface area contributed by atoms with Gasteiger partial charge in [-0.05, 0) is 36.6 Å². The second kappa shape index (κ2) is 6.55. The lowest BCUT2D eigenvalue weighted by atomic mass is 9.86. The average molecular weight is 422 g/mol. The number of carbonyl (C=O) groups excluding carboxylic acids is 1. The van der Waals surface area contributed by atoms with Crippen LogP contribution < -0.4 is 15.7 Å². The summed E-state index contributed by atoms with van der Waals surface area (Å²) in [7, 11) is 1.56. The molecule has 0 unspecified atom stereocenters. The number of carbonyl (C=O) groups is 1. The first-order valence-electron chi connectivity index (χ1n) is 10.3. The fourth-order valence-electron chi connectivity index (χ4n) is 4.66. The summed E-state index contributed by atoms with van der Waals surface area (Å²) < 4.78 is 11.9. The lowest BCUT2D eigenvalue weighted by Gasteiger charge is -2.31. The van der Waals surface area contributed by atoms with E-state index in [9.17, 15) is 19.5 Å². The van der Waals surface area contributed by atoms with E-state index in [1.54, 1.807) is 26.2 Å². The van der Waals surface area contributed by atoms with Crippen molar-refractivity contribution in [3.8, 4) is 17.1 Å². The number of rotatable bonds is 3. The number of cyclic esters (lactones) is 1. The largest absolute Gasteiger partial charge is 0.497 e. The Hall–Kier alpha value is -3.39. The predicted molar refractivity (Wildman–Crippen MR) is 113 cm³/mol. The second-order valence-electron chi connectivity index (χ2n) is 7.97. The van der Waals surface area contributed by atoms with E-state index in [1.807, 2.05) is 13.0 Å². The normalized spacial score (nSPS) is 19.0. The van der Waals surface area contributed by atoms with Crippen LogP contribution in [0.2, 0.25) is 0 Å². The summed E-state index contributed by atoms with van der Waals surface area (Å²) in [5.74, 6) is -0.168. The van der Waals surface area contributed by atoms with E-state index in [2.05, 4.69) is 4.98 Å². The van der Waals surface area contributed by atoms with Crippen molar-refractivity contribution in [1.29, 1.82) is 0 Å². The number of nitrogens with one attached hydrogen (secondary N) is 1. The number of esters is 1. The van der Waals surface area contributed by atoms with Crippen LogP contribution in [0, 0.1) is 0 Å². The molecule has 4 heterocycles. The van der Waals surface area contributed by atoms with E-state index in [0.717, 1.165) is 5.56 Å². The Kier molecular flexibility index (Phi) is 4.14. The number of benzene rings is 1. The maximum absolute atomic E-state index is 13.4. The van der Waals surface area contributed by atoms with Crippen LogP contribution in [-0.2, 0) is 34.7 Å². The molecule has 0 aliphatic carbocycles. The number of methoxy groups -OCH3 is 1. The molecule has 0 saturated heterocycles. The zero-order valence-electron chi connectivity index (χ0n) is 17.5. The summed E-state index contributed by atoms with van der Waals surface area (Å²) in [5, 5.41) is 11.5. The van der Waals surface area contributed by atoms with Gasteiger partial charge in [0.15, 0.2) is 11.0 Å². The van der Waals surface area contributed by atoms with Crippen LogP contribution in [0.4, 0.5) is 0 Å². The molecule has 0 amide bonds. The highest BCUT2D eigenvalue weighted by atomic mass is 16.6. The van der Waals surface area contributed by atoms with E-state index in [0.29, 0.717) is 40.0 Å². The molecule has 5 rings (SSSR count). The molecule has 0 spiro atoms. The molecule has 2 aliphatic heterocycles. The summed E-state index contributed by atoms with van der Waals surface area (Å²) in [6.45, 7) is 3.56. The van der Waals surface area contributed by atoms with Gasteiger partial charge >= 0.3 is 5.97 Å². The highest BCUT2D eigenvalue weighted by Crippen LogP contribution is 2.38. The molecule has 0 fully saturated rings. The van der Waals surface area contributed by atoms with Crippen molar-refractivity contribution < 1.29 is 19.4 Å². The van der Waals surface area contributed by atoms with Gasteiger partial charge < -0.3 is 24.1 Å². The Morgan fingerprint density at radius 2 is 1.97 bits per heavy atom. The van der Waals surface area contributed by atoms with Crippen LogP contribution in [-0.4, -0.2) is 27.7 Å². The zero-order chi connectivity index (χ0) is 22.1. The molecule has 0 saturated carbocycles. The number of aryl methyl sites for hydroxylation is 1. The number of H-pyrrole nitrogens is 1. The maximum Gasteiger partial charge on any atom is 0.343 e. The molecule has 0 bridgehead atoms. The molecule has 2 N–H and O–H groups in total.